The largest absolute Gasteiger partial charge is 0.507 e. The Hall–Kier alpha value is -2.28. The molecule has 0 amide bonds. The fourth-order valence-electron chi connectivity index (χ4n) is 2.36. The normalized spacial score (nSPS) is 14.2. The molecule has 2 heterocycles. The summed E-state index contributed by atoms with van der Waals surface area (Å²) in [5.41, 5.74) is -1.12. The summed E-state index contributed by atoms with van der Waals surface area (Å²) in [4.78, 5) is 11.8. The van der Waals surface area contributed by atoms with Crippen molar-refractivity contribution in [1.82, 2.24) is 9.88 Å². The molecule has 3 rings (SSSR count). The van der Waals surface area contributed by atoms with Crippen LogP contribution in [-0.4, -0.2) is 22.8 Å². The quantitative estimate of drug-likeness (QED) is 0.838. The first-order valence-corrected chi connectivity index (χ1v) is 7.57. The molecule has 7 heteroatoms. The van der Waals surface area contributed by atoms with E-state index in [1.807, 2.05) is 0 Å². The fraction of sp³-hybridized carbons (Fsp3) is 0.353. The van der Waals surface area contributed by atoms with Crippen LogP contribution in [0.2, 0.25) is 0 Å². The molecule has 0 radical (unpaired) electrons. The first-order valence-electron chi connectivity index (χ1n) is 7.57. The van der Waals surface area contributed by atoms with E-state index in [9.17, 15) is 23.1 Å². The summed E-state index contributed by atoms with van der Waals surface area (Å²) in [5.74, 6) is -0.571. The smallest absolute Gasteiger partial charge is 0.416 e. The molecule has 24 heavy (non-hydrogen) atoms. The molecule has 1 aliphatic rings. The number of nitrogens with zero attached hydrogens (tertiary/aromatic N) is 1. The van der Waals surface area contributed by atoms with E-state index in [4.69, 9.17) is 0 Å². The van der Waals surface area contributed by atoms with Crippen LogP contribution in [0.15, 0.2) is 41.3 Å². The lowest BCUT2D eigenvalue weighted by molar-refractivity contribution is -0.137. The monoisotopic (exact) mass is 340 g/mol. The van der Waals surface area contributed by atoms with Gasteiger partial charge in [-0.25, -0.2) is 0 Å². The van der Waals surface area contributed by atoms with E-state index in [0.717, 1.165) is 12.1 Å². The van der Waals surface area contributed by atoms with E-state index in [1.54, 1.807) is 6.07 Å². The topological polar surface area (TPSA) is 54.3 Å². The molecular weight excluding hydrogens is 321 g/mol. The van der Waals surface area contributed by atoms with E-state index >= 15 is 0 Å². The van der Waals surface area contributed by atoms with Gasteiger partial charge in [0.1, 0.15) is 5.75 Å². The highest BCUT2D eigenvalue weighted by atomic mass is 19.4. The molecule has 0 atom stereocenters. The van der Waals surface area contributed by atoms with Crippen molar-refractivity contribution in [3.05, 3.63) is 52.4 Å². The average molecular weight is 340 g/mol. The number of hydrogen-bond donors (Lipinski definition) is 2. The van der Waals surface area contributed by atoms with E-state index < -0.39 is 23.0 Å². The second-order valence-corrected chi connectivity index (χ2v) is 5.52. The molecule has 2 N–H and O–H groups in total. The number of aromatic hydroxyl groups is 1. The summed E-state index contributed by atoms with van der Waals surface area (Å²) in [5, 5.41) is 12.9. The number of aryl methyl sites for hydroxylation is 1. The zero-order valence-corrected chi connectivity index (χ0v) is 13.2. The van der Waals surface area contributed by atoms with Crippen molar-refractivity contribution in [3.63, 3.8) is 0 Å². The van der Waals surface area contributed by atoms with E-state index in [0.29, 0.717) is 6.07 Å². The molecule has 1 aromatic heterocycles. The molecule has 0 spiro atoms. The molecule has 0 bridgehead atoms. The molecule has 2 aromatic rings. The Balaban J connectivity index is 0.000000355. The van der Waals surface area contributed by atoms with Gasteiger partial charge < -0.3 is 15.0 Å². The third-order valence-corrected chi connectivity index (χ3v) is 3.70. The fourth-order valence-corrected chi connectivity index (χ4v) is 2.36. The van der Waals surface area contributed by atoms with Crippen molar-refractivity contribution >= 4 is 0 Å². The van der Waals surface area contributed by atoms with Crippen LogP contribution in [0.3, 0.4) is 0 Å². The van der Waals surface area contributed by atoms with Crippen LogP contribution in [0.25, 0.3) is 11.1 Å². The molecule has 130 valence electrons. The van der Waals surface area contributed by atoms with Gasteiger partial charge in [0.2, 0.25) is 0 Å². The van der Waals surface area contributed by atoms with Crippen molar-refractivity contribution < 1.29 is 18.3 Å². The standard InChI is InChI=1S/C13H10F3NO2.C4H9N/c1-17-6-2-3-10(12(17)19)9-5-4-8(7-11(9)18)13(14,15)16;1-2-4-5-3-1/h2-7,18H,1H3;5H,1-4H2. The molecule has 4 nitrogen and oxygen atoms in total. The lowest BCUT2D eigenvalue weighted by Crippen LogP contribution is -2.17. The lowest BCUT2D eigenvalue weighted by atomic mass is 10.0. The zero-order valence-electron chi connectivity index (χ0n) is 13.2. The summed E-state index contributed by atoms with van der Waals surface area (Å²) in [7, 11) is 1.52. The highest BCUT2D eigenvalue weighted by Gasteiger charge is 2.31. The summed E-state index contributed by atoms with van der Waals surface area (Å²) < 4.78 is 38.7. The molecule has 1 aliphatic heterocycles. The molecule has 1 saturated heterocycles. The Bertz CT molecular complexity index is 743. The third kappa shape index (κ3) is 4.38. The Morgan fingerprint density at radius 2 is 1.79 bits per heavy atom. The first kappa shape index (κ1) is 18.1. The van der Waals surface area contributed by atoms with Gasteiger partial charge in [-0.15, -0.1) is 0 Å². The van der Waals surface area contributed by atoms with Crippen molar-refractivity contribution in [2.24, 2.45) is 7.05 Å². The Kier molecular flexibility index (Phi) is 5.66. The van der Waals surface area contributed by atoms with Crippen molar-refractivity contribution in [2.75, 3.05) is 13.1 Å². The Morgan fingerprint density at radius 1 is 1.12 bits per heavy atom. The van der Waals surface area contributed by atoms with E-state index in [2.05, 4.69) is 5.32 Å². The number of halogens is 3. The molecule has 1 fully saturated rings. The number of phenolic OH excluding ortho intramolecular Hbond substituents is 1. The highest BCUT2D eigenvalue weighted by Crippen LogP contribution is 2.35. The van der Waals surface area contributed by atoms with E-state index in [1.165, 1.54) is 49.8 Å². The summed E-state index contributed by atoms with van der Waals surface area (Å²) >= 11 is 0. The maximum atomic E-state index is 12.5. The second-order valence-electron chi connectivity index (χ2n) is 5.52. The Labute approximate surface area is 137 Å². The lowest BCUT2D eigenvalue weighted by Gasteiger charge is -2.10. The number of alkyl halides is 3. The van der Waals surface area contributed by atoms with Crippen LogP contribution in [0.1, 0.15) is 18.4 Å². The molecule has 1 aromatic carbocycles. The number of hydrogen-bond acceptors (Lipinski definition) is 3. The van der Waals surface area contributed by atoms with Crippen LogP contribution in [0, 0.1) is 0 Å². The number of rotatable bonds is 1. The van der Waals surface area contributed by atoms with Crippen LogP contribution in [-0.2, 0) is 13.2 Å². The average Bonchev–Trinajstić information content (AvgIpc) is 3.09. The Morgan fingerprint density at radius 3 is 2.29 bits per heavy atom. The van der Waals surface area contributed by atoms with Gasteiger partial charge in [-0.05, 0) is 56.3 Å². The maximum absolute atomic E-state index is 12.5. The van der Waals surface area contributed by atoms with Crippen LogP contribution in [0.4, 0.5) is 13.2 Å². The van der Waals surface area contributed by atoms with Gasteiger partial charge in [-0.3, -0.25) is 4.79 Å². The first-order chi connectivity index (χ1) is 11.3. The van der Waals surface area contributed by atoms with E-state index in [-0.39, 0.29) is 11.1 Å². The molecule has 0 unspecified atom stereocenters. The highest BCUT2D eigenvalue weighted by molar-refractivity contribution is 5.69. The van der Waals surface area contributed by atoms with Crippen molar-refractivity contribution in [2.45, 2.75) is 19.0 Å². The van der Waals surface area contributed by atoms with Gasteiger partial charge in [0, 0.05) is 18.8 Å². The van der Waals surface area contributed by atoms with Crippen molar-refractivity contribution in [1.29, 1.82) is 0 Å². The van der Waals surface area contributed by atoms with Gasteiger partial charge in [0.05, 0.1) is 11.1 Å². The van der Waals surface area contributed by atoms with Crippen LogP contribution in [0.5, 0.6) is 5.75 Å². The zero-order chi connectivity index (χ0) is 17.7. The van der Waals surface area contributed by atoms with Crippen LogP contribution >= 0.6 is 0 Å². The predicted octanol–water partition coefficient (Wildman–Crippen LogP) is 3.15. The predicted molar refractivity (Wildman–Crippen MR) is 85.9 cm³/mol. The van der Waals surface area contributed by atoms with Crippen LogP contribution < -0.4 is 10.9 Å². The van der Waals surface area contributed by atoms with Gasteiger partial charge in [-0.2, -0.15) is 13.2 Å². The van der Waals surface area contributed by atoms with Gasteiger partial charge in [0.15, 0.2) is 0 Å². The molecule has 0 saturated carbocycles. The summed E-state index contributed by atoms with van der Waals surface area (Å²) in [6.45, 7) is 2.50. The van der Waals surface area contributed by atoms with Crippen molar-refractivity contribution in [3.8, 4) is 16.9 Å². The van der Waals surface area contributed by atoms with Gasteiger partial charge in [0.25, 0.3) is 5.56 Å². The molecular formula is C17H19F3N2O2. The maximum Gasteiger partial charge on any atom is 0.416 e. The molecule has 0 aliphatic carbocycles. The third-order valence-electron chi connectivity index (χ3n) is 3.70. The summed E-state index contributed by atoms with van der Waals surface area (Å²) in [6, 6.07) is 5.57. The summed E-state index contributed by atoms with van der Waals surface area (Å²) in [6.07, 6.45) is -0.232. The second kappa shape index (κ2) is 7.53. The van der Waals surface area contributed by atoms with Gasteiger partial charge in [-0.1, -0.05) is 0 Å². The minimum Gasteiger partial charge on any atom is -0.507 e. The van der Waals surface area contributed by atoms with Gasteiger partial charge >= 0.3 is 6.18 Å². The number of nitrogens with one attached hydrogen (secondary N) is 1. The number of pyridine rings is 1. The minimum atomic E-state index is -4.53. The minimum absolute atomic E-state index is 0.0780. The number of benzene rings is 1. The number of aromatic nitrogens is 1. The SMILES string of the molecule is C1CCNC1.Cn1cccc(-c2ccc(C(F)(F)F)cc2O)c1=O. The number of phenols is 1.